The number of carbonyl (C=O) groups excluding carboxylic acids is 3. The first-order chi connectivity index (χ1) is 23.0. The van der Waals surface area contributed by atoms with Crippen LogP contribution in [-0.2, 0) is 7.05 Å². The van der Waals surface area contributed by atoms with Gasteiger partial charge < -0.3 is 31.5 Å². The summed E-state index contributed by atoms with van der Waals surface area (Å²) in [5, 5.41) is 33.6. The van der Waals surface area contributed by atoms with E-state index in [4.69, 9.17) is 5.11 Å². The minimum Gasteiger partial charge on any atom is -0.476 e. The fourth-order valence-corrected chi connectivity index (χ4v) is 3.70. The van der Waals surface area contributed by atoms with Gasteiger partial charge in [-0.2, -0.15) is 5.10 Å². The number of nitrogens with one attached hydrogen (secondary N) is 4. The van der Waals surface area contributed by atoms with Gasteiger partial charge in [0.2, 0.25) is 0 Å². The molecule has 1 atom stereocenters. The molecule has 0 radical (unpaired) electrons. The number of rotatable bonds is 10. The predicted molar refractivity (Wildman–Crippen MR) is 167 cm³/mol. The van der Waals surface area contributed by atoms with E-state index in [0.29, 0.717) is 11.4 Å². The van der Waals surface area contributed by atoms with E-state index in [9.17, 15) is 24.3 Å². The summed E-state index contributed by atoms with van der Waals surface area (Å²) in [6, 6.07) is 0. The summed E-state index contributed by atoms with van der Waals surface area (Å²) in [6.45, 7) is 2.79. The zero-order valence-electron chi connectivity index (χ0n) is 25.8. The van der Waals surface area contributed by atoms with E-state index in [2.05, 4.69) is 66.2 Å². The van der Waals surface area contributed by atoms with E-state index in [-0.39, 0.29) is 51.6 Å². The molecule has 0 saturated carbocycles. The van der Waals surface area contributed by atoms with E-state index < -0.39 is 23.9 Å². The van der Waals surface area contributed by atoms with Crippen LogP contribution in [0.5, 0.6) is 0 Å². The molecule has 20 heteroatoms. The first kappa shape index (κ1) is 34.1. The minimum atomic E-state index is -1.28. The molecule has 0 spiro atoms. The molecule has 48 heavy (non-hydrogen) atoms. The van der Waals surface area contributed by atoms with Gasteiger partial charge in [-0.15, -0.1) is 0 Å². The number of ketones is 1. The fourth-order valence-electron chi connectivity index (χ4n) is 3.70. The highest BCUT2D eigenvalue weighted by Gasteiger charge is 2.22. The van der Waals surface area contributed by atoms with E-state index in [0.717, 1.165) is 0 Å². The van der Waals surface area contributed by atoms with Crippen LogP contribution in [0.1, 0.15) is 67.6 Å². The number of aliphatic hydroxyl groups is 1. The van der Waals surface area contributed by atoms with Crippen molar-refractivity contribution in [1.29, 1.82) is 0 Å². The molecule has 5 aromatic rings. The van der Waals surface area contributed by atoms with Crippen molar-refractivity contribution >= 4 is 52.3 Å². The van der Waals surface area contributed by atoms with Crippen molar-refractivity contribution in [3.05, 3.63) is 84.5 Å². The lowest BCUT2D eigenvalue weighted by atomic mass is 10.2. The third-order valence-corrected chi connectivity index (χ3v) is 5.94. The molecule has 2 amide bonds. The molecule has 5 rings (SSSR count). The van der Waals surface area contributed by atoms with Gasteiger partial charge in [0.15, 0.2) is 34.5 Å². The number of carboxylic acid groups (broad SMARTS) is 1. The quantitative estimate of drug-likeness (QED) is 0.116. The Hall–Kier alpha value is -6.83. The van der Waals surface area contributed by atoms with Crippen LogP contribution < -0.4 is 21.3 Å². The SMILES string of the molecule is CC(=O)c1cnc(Nc2cncnc2)c(C(=O)O)n1.CNC(=O)c1nn(C)cc1NC(=O)c1nc(C(C)O)cnc1Nc1cncnc1. The Morgan fingerprint density at radius 2 is 1.35 bits per heavy atom. The van der Waals surface area contributed by atoms with Gasteiger partial charge in [-0.1, -0.05) is 0 Å². The summed E-state index contributed by atoms with van der Waals surface area (Å²) in [4.78, 5) is 78.6. The molecule has 0 aliphatic carbocycles. The summed E-state index contributed by atoms with van der Waals surface area (Å²) in [6.07, 6.45) is 11.8. The molecule has 0 aromatic carbocycles. The van der Waals surface area contributed by atoms with Crippen molar-refractivity contribution in [3.8, 4) is 0 Å². The average molecular weight is 657 g/mol. The number of Topliss-reactive ketones (excluding diaryl/α,β-unsaturated/α-hetero) is 1. The normalized spacial score (nSPS) is 10.9. The Kier molecular flexibility index (Phi) is 11.0. The number of hydrogen-bond acceptors (Lipinski definition) is 16. The van der Waals surface area contributed by atoms with Crippen LogP contribution in [0.3, 0.4) is 0 Å². The molecule has 0 fully saturated rings. The number of aromatic carboxylic acids is 1. The lowest BCUT2D eigenvalue weighted by molar-refractivity contribution is 0.0690. The minimum absolute atomic E-state index is 0.00717. The molecule has 5 heterocycles. The number of anilines is 5. The Morgan fingerprint density at radius 3 is 1.88 bits per heavy atom. The maximum atomic E-state index is 12.9. The van der Waals surface area contributed by atoms with Crippen molar-refractivity contribution in [3.63, 3.8) is 0 Å². The van der Waals surface area contributed by atoms with Gasteiger partial charge in [-0.3, -0.25) is 19.1 Å². The van der Waals surface area contributed by atoms with Gasteiger partial charge in [-0.05, 0) is 6.92 Å². The monoisotopic (exact) mass is 656 g/mol. The van der Waals surface area contributed by atoms with E-state index in [1.54, 1.807) is 7.05 Å². The topological polar surface area (TPSA) is 278 Å². The number of aliphatic hydroxyl groups excluding tert-OH is 1. The van der Waals surface area contributed by atoms with Crippen LogP contribution in [-0.4, -0.2) is 90.5 Å². The molecule has 246 valence electrons. The van der Waals surface area contributed by atoms with Crippen molar-refractivity contribution in [2.45, 2.75) is 20.0 Å². The molecule has 20 nitrogen and oxygen atoms in total. The fraction of sp³-hybridized carbons (Fsp3) is 0.179. The molecule has 5 aromatic heterocycles. The summed E-state index contributed by atoms with van der Waals surface area (Å²) < 4.78 is 1.40. The van der Waals surface area contributed by atoms with Gasteiger partial charge in [-0.25, -0.2) is 44.7 Å². The lowest BCUT2D eigenvalue weighted by Crippen LogP contribution is -2.23. The van der Waals surface area contributed by atoms with Crippen molar-refractivity contribution < 1.29 is 29.4 Å². The van der Waals surface area contributed by atoms with E-state index >= 15 is 0 Å². The first-order valence-electron chi connectivity index (χ1n) is 13.7. The van der Waals surface area contributed by atoms with Crippen molar-refractivity contribution in [2.75, 3.05) is 23.0 Å². The average Bonchev–Trinajstić information content (AvgIpc) is 3.45. The molecule has 1 unspecified atom stereocenters. The smallest absolute Gasteiger partial charge is 0.358 e. The first-order valence-corrected chi connectivity index (χ1v) is 13.7. The zero-order valence-corrected chi connectivity index (χ0v) is 25.8. The van der Waals surface area contributed by atoms with E-state index in [1.165, 1.54) is 81.6 Å². The highest BCUT2D eigenvalue weighted by molar-refractivity contribution is 6.09. The number of aryl methyl sites for hydroxylation is 1. The Balaban J connectivity index is 0.000000237. The number of carbonyl (C=O) groups is 4. The Morgan fingerprint density at radius 1 is 0.792 bits per heavy atom. The number of amides is 2. The third-order valence-electron chi connectivity index (χ3n) is 5.94. The highest BCUT2D eigenvalue weighted by Crippen LogP contribution is 2.21. The van der Waals surface area contributed by atoms with Crippen LogP contribution in [0.15, 0.2) is 56.0 Å². The standard InChI is InChI=1S/C17H19N9O3.C11H9N5O3/c1-9(27)11-6-21-15(22-10-4-19-8-20-5-10)14(23-11)17(29)24-12-7-26(3)25-13(12)16(28)18-2;1-6(17)8-4-14-10(9(16-8)11(18)19)15-7-2-12-5-13-3-7/h4-9,27H,1-3H3,(H,18,28)(H,21,22)(H,24,29);2-5H,1H3,(H,14,15)(H,18,19). The number of aromatic nitrogens is 10. The number of carboxylic acids is 1. The van der Waals surface area contributed by atoms with Gasteiger partial charge >= 0.3 is 5.97 Å². The van der Waals surface area contributed by atoms with Crippen LogP contribution in [0.25, 0.3) is 0 Å². The number of hydrogen-bond donors (Lipinski definition) is 6. The summed E-state index contributed by atoms with van der Waals surface area (Å²) >= 11 is 0. The molecular formula is C28H28N14O6. The highest BCUT2D eigenvalue weighted by atomic mass is 16.4. The summed E-state index contributed by atoms with van der Waals surface area (Å²) in [7, 11) is 3.09. The van der Waals surface area contributed by atoms with Crippen molar-refractivity contribution in [2.24, 2.45) is 7.05 Å². The maximum absolute atomic E-state index is 12.9. The second kappa shape index (κ2) is 15.4. The predicted octanol–water partition coefficient (Wildman–Crippen LogP) is 1.32. The lowest BCUT2D eigenvalue weighted by Gasteiger charge is -2.12. The third kappa shape index (κ3) is 8.66. The van der Waals surface area contributed by atoms with Crippen LogP contribution in [0.2, 0.25) is 0 Å². The van der Waals surface area contributed by atoms with E-state index in [1.807, 2.05) is 0 Å². The molecular weight excluding hydrogens is 628 g/mol. The maximum Gasteiger partial charge on any atom is 0.358 e. The van der Waals surface area contributed by atoms with Gasteiger partial charge in [0, 0.05) is 27.2 Å². The largest absolute Gasteiger partial charge is 0.476 e. The zero-order chi connectivity index (χ0) is 34.8. The molecule has 0 saturated heterocycles. The van der Waals surface area contributed by atoms with Gasteiger partial charge in [0.25, 0.3) is 11.8 Å². The number of nitrogens with zero attached hydrogens (tertiary/aromatic N) is 10. The van der Waals surface area contributed by atoms with Gasteiger partial charge in [0.05, 0.1) is 66.0 Å². The molecule has 0 aliphatic rings. The van der Waals surface area contributed by atoms with Crippen LogP contribution in [0.4, 0.5) is 28.7 Å². The van der Waals surface area contributed by atoms with Crippen LogP contribution >= 0.6 is 0 Å². The van der Waals surface area contributed by atoms with Gasteiger partial charge in [0.1, 0.15) is 18.3 Å². The van der Waals surface area contributed by atoms with Crippen LogP contribution in [0, 0.1) is 0 Å². The summed E-state index contributed by atoms with van der Waals surface area (Å²) in [5.74, 6) is -2.58. The molecule has 0 bridgehead atoms. The summed E-state index contributed by atoms with van der Waals surface area (Å²) in [5.41, 5.74) is 0.998. The van der Waals surface area contributed by atoms with Crippen molar-refractivity contribution in [1.82, 2.24) is 55.0 Å². The molecule has 6 N–H and O–H groups in total. The second-order valence-electron chi connectivity index (χ2n) is 9.58. The second-order valence-corrected chi connectivity index (χ2v) is 9.58. The Bertz CT molecular complexity index is 1940. The Labute approximate surface area is 271 Å². The molecule has 0 aliphatic heterocycles.